The molecule has 20 heavy (non-hydrogen) atoms. The van der Waals surface area contributed by atoms with E-state index in [1.165, 1.54) is 0 Å². The predicted molar refractivity (Wildman–Crippen MR) is 82.7 cm³/mol. The Kier molecular flexibility index (Phi) is 7.52. The highest BCUT2D eigenvalue weighted by Gasteiger charge is 2.29. The van der Waals surface area contributed by atoms with Crippen LogP contribution >= 0.6 is 0 Å². The largest absolute Gasteiger partial charge is 0.466 e. The maximum atomic E-state index is 11.7. The van der Waals surface area contributed by atoms with Gasteiger partial charge >= 0.3 is 5.97 Å². The summed E-state index contributed by atoms with van der Waals surface area (Å²) in [4.78, 5) is 14.2. The first-order valence-electron chi connectivity index (χ1n) is 8.05. The maximum absolute atomic E-state index is 11.7. The molecule has 0 spiro atoms. The molecule has 0 aromatic rings. The fraction of sp³-hybridized carbons (Fsp3) is 0.938. The molecule has 1 aliphatic rings. The molecule has 1 fully saturated rings. The van der Waals surface area contributed by atoms with Crippen molar-refractivity contribution >= 4 is 5.97 Å². The van der Waals surface area contributed by atoms with Gasteiger partial charge in [-0.2, -0.15) is 0 Å². The molecule has 0 saturated carbocycles. The van der Waals surface area contributed by atoms with E-state index in [0.717, 1.165) is 26.1 Å². The Morgan fingerprint density at radius 3 is 2.55 bits per heavy atom. The summed E-state index contributed by atoms with van der Waals surface area (Å²) in [6.07, 6.45) is 1.63. The number of likely N-dealkylation sites (tertiary alicyclic amines) is 1. The summed E-state index contributed by atoms with van der Waals surface area (Å²) in [7, 11) is 0. The summed E-state index contributed by atoms with van der Waals surface area (Å²) >= 11 is 0. The highest BCUT2D eigenvalue weighted by Crippen LogP contribution is 2.22. The number of ether oxygens (including phenoxy) is 1. The van der Waals surface area contributed by atoms with Gasteiger partial charge in [-0.3, -0.25) is 9.69 Å². The predicted octanol–water partition coefficient (Wildman–Crippen LogP) is 2.28. The van der Waals surface area contributed by atoms with Crippen LogP contribution in [0.15, 0.2) is 0 Å². The zero-order valence-electron chi connectivity index (χ0n) is 13.8. The van der Waals surface area contributed by atoms with Crippen LogP contribution in [0.2, 0.25) is 0 Å². The van der Waals surface area contributed by atoms with Crippen LogP contribution in [-0.2, 0) is 9.53 Å². The topological polar surface area (TPSA) is 41.6 Å². The molecule has 0 amide bonds. The van der Waals surface area contributed by atoms with Gasteiger partial charge in [0.1, 0.15) is 0 Å². The van der Waals surface area contributed by atoms with Crippen LogP contribution in [0.1, 0.15) is 47.5 Å². The van der Waals surface area contributed by atoms with Crippen molar-refractivity contribution in [1.29, 1.82) is 0 Å². The molecule has 4 nitrogen and oxygen atoms in total. The van der Waals surface area contributed by atoms with Crippen molar-refractivity contribution in [3.05, 3.63) is 0 Å². The first kappa shape index (κ1) is 17.4. The monoisotopic (exact) mass is 284 g/mol. The van der Waals surface area contributed by atoms with Crippen LogP contribution in [0, 0.1) is 11.8 Å². The van der Waals surface area contributed by atoms with Crippen molar-refractivity contribution in [2.45, 2.75) is 59.5 Å². The van der Waals surface area contributed by atoms with Crippen molar-refractivity contribution in [3.63, 3.8) is 0 Å². The molecule has 0 aromatic carbocycles. The van der Waals surface area contributed by atoms with Crippen molar-refractivity contribution in [1.82, 2.24) is 10.2 Å². The van der Waals surface area contributed by atoms with Gasteiger partial charge in [0, 0.05) is 31.6 Å². The quantitative estimate of drug-likeness (QED) is 0.728. The number of hydrogen-bond donors (Lipinski definition) is 1. The molecule has 1 heterocycles. The lowest BCUT2D eigenvalue weighted by Gasteiger charge is -2.40. The third kappa shape index (κ3) is 6.23. The van der Waals surface area contributed by atoms with Crippen LogP contribution in [0.5, 0.6) is 0 Å². The molecule has 4 heteroatoms. The minimum Gasteiger partial charge on any atom is -0.466 e. The highest BCUT2D eigenvalue weighted by molar-refractivity contribution is 5.69. The minimum atomic E-state index is -0.0503. The van der Waals surface area contributed by atoms with Crippen molar-refractivity contribution in [2.75, 3.05) is 26.2 Å². The third-order valence-corrected chi connectivity index (χ3v) is 3.87. The van der Waals surface area contributed by atoms with Crippen molar-refractivity contribution in [2.24, 2.45) is 11.8 Å². The Balaban J connectivity index is 2.53. The van der Waals surface area contributed by atoms with Crippen LogP contribution in [0.25, 0.3) is 0 Å². The van der Waals surface area contributed by atoms with Gasteiger partial charge in [0.25, 0.3) is 0 Å². The van der Waals surface area contributed by atoms with Gasteiger partial charge in [-0.1, -0.05) is 13.8 Å². The second kappa shape index (κ2) is 8.63. The van der Waals surface area contributed by atoms with E-state index in [4.69, 9.17) is 4.74 Å². The van der Waals surface area contributed by atoms with Gasteiger partial charge in [-0.15, -0.1) is 0 Å². The molecular weight excluding hydrogens is 252 g/mol. The molecule has 0 radical (unpaired) electrons. The Morgan fingerprint density at radius 1 is 1.30 bits per heavy atom. The fourth-order valence-corrected chi connectivity index (χ4v) is 2.82. The van der Waals surface area contributed by atoms with Crippen LogP contribution in [0.4, 0.5) is 0 Å². The lowest BCUT2D eigenvalue weighted by Crippen LogP contribution is -2.52. The Morgan fingerprint density at radius 2 is 2.00 bits per heavy atom. The number of nitrogens with one attached hydrogen (secondary N) is 1. The average molecular weight is 284 g/mol. The van der Waals surface area contributed by atoms with Crippen LogP contribution < -0.4 is 5.32 Å². The van der Waals surface area contributed by atoms with E-state index in [2.05, 4.69) is 37.9 Å². The number of nitrogens with zero attached hydrogens (tertiary/aromatic N) is 1. The van der Waals surface area contributed by atoms with E-state index in [0.29, 0.717) is 36.9 Å². The van der Waals surface area contributed by atoms with Crippen molar-refractivity contribution in [3.8, 4) is 0 Å². The molecular formula is C16H32N2O2. The SMILES string of the molecule is CCOC(=O)CC1CC(NCC(C)C)CN(C(C)C)C1. The van der Waals surface area contributed by atoms with E-state index in [-0.39, 0.29) is 5.97 Å². The number of esters is 1. The van der Waals surface area contributed by atoms with Gasteiger partial charge in [-0.05, 0) is 45.6 Å². The van der Waals surface area contributed by atoms with E-state index >= 15 is 0 Å². The molecule has 2 unspecified atom stereocenters. The van der Waals surface area contributed by atoms with Gasteiger partial charge in [-0.25, -0.2) is 0 Å². The second-order valence-corrected chi connectivity index (χ2v) is 6.66. The molecule has 1 N–H and O–H groups in total. The summed E-state index contributed by atoms with van der Waals surface area (Å²) in [5, 5.41) is 3.65. The lowest BCUT2D eigenvalue weighted by molar-refractivity contribution is -0.144. The molecule has 0 aromatic heterocycles. The summed E-state index contributed by atoms with van der Waals surface area (Å²) in [6.45, 7) is 14.4. The summed E-state index contributed by atoms with van der Waals surface area (Å²) < 4.78 is 5.10. The number of piperidine rings is 1. The van der Waals surface area contributed by atoms with E-state index in [1.54, 1.807) is 0 Å². The molecule has 1 rings (SSSR count). The molecule has 0 bridgehead atoms. The summed E-state index contributed by atoms with van der Waals surface area (Å²) in [5.41, 5.74) is 0. The molecule has 1 saturated heterocycles. The average Bonchev–Trinajstić information content (AvgIpc) is 2.36. The van der Waals surface area contributed by atoms with E-state index < -0.39 is 0 Å². The van der Waals surface area contributed by atoms with Crippen molar-refractivity contribution < 1.29 is 9.53 Å². The smallest absolute Gasteiger partial charge is 0.306 e. The van der Waals surface area contributed by atoms with Gasteiger partial charge in [0.15, 0.2) is 0 Å². The van der Waals surface area contributed by atoms with Crippen LogP contribution in [-0.4, -0.2) is 49.2 Å². The second-order valence-electron chi connectivity index (χ2n) is 6.66. The summed E-state index contributed by atoms with van der Waals surface area (Å²) in [5.74, 6) is 1.02. The zero-order chi connectivity index (χ0) is 15.1. The fourth-order valence-electron chi connectivity index (χ4n) is 2.82. The highest BCUT2D eigenvalue weighted by atomic mass is 16.5. The minimum absolute atomic E-state index is 0.0503. The van der Waals surface area contributed by atoms with Crippen LogP contribution in [0.3, 0.4) is 0 Å². The van der Waals surface area contributed by atoms with Gasteiger partial charge in [0.05, 0.1) is 6.61 Å². The molecule has 1 aliphatic heterocycles. The molecule has 2 atom stereocenters. The number of carbonyl (C=O) groups is 1. The maximum Gasteiger partial charge on any atom is 0.306 e. The van der Waals surface area contributed by atoms with E-state index in [9.17, 15) is 4.79 Å². The molecule has 0 aliphatic carbocycles. The first-order chi connectivity index (χ1) is 9.42. The first-order valence-corrected chi connectivity index (χ1v) is 8.05. The van der Waals surface area contributed by atoms with Gasteiger partial charge in [0.2, 0.25) is 0 Å². The standard InChI is InChI=1S/C16H32N2O2/c1-6-20-16(19)8-14-7-15(17-9-12(2)3)11-18(10-14)13(4)5/h12-15,17H,6-11H2,1-5H3. The number of hydrogen-bond acceptors (Lipinski definition) is 4. The third-order valence-electron chi connectivity index (χ3n) is 3.87. The number of carbonyl (C=O) groups excluding carboxylic acids is 1. The number of rotatable bonds is 7. The van der Waals surface area contributed by atoms with E-state index in [1.807, 2.05) is 6.92 Å². The van der Waals surface area contributed by atoms with Gasteiger partial charge < -0.3 is 10.1 Å². The Labute approximate surface area is 124 Å². The Hall–Kier alpha value is -0.610. The lowest BCUT2D eigenvalue weighted by atomic mass is 9.90. The Bertz CT molecular complexity index is 292. The zero-order valence-corrected chi connectivity index (χ0v) is 13.8. The summed E-state index contributed by atoms with van der Waals surface area (Å²) in [6, 6.07) is 1.02. The molecule has 118 valence electrons. The normalized spacial score (nSPS) is 24.4.